The fraction of sp³-hybridized carbons (Fsp3) is 0.529. The van der Waals surface area contributed by atoms with Crippen molar-refractivity contribution in [2.45, 2.75) is 26.3 Å². The van der Waals surface area contributed by atoms with E-state index in [1.807, 2.05) is 0 Å². The van der Waals surface area contributed by atoms with Gasteiger partial charge in [0.2, 0.25) is 0 Å². The fourth-order valence-electron chi connectivity index (χ4n) is 3.17. The third-order valence-corrected chi connectivity index (χ3v) is 4.37. The van der Waals surface area contributed by atoms with E-state index in [0.717, 1.165) is 32.6 Å². The van der Waals surface area contributed by atoms with Crippen molar-refractivity contribution in [3.05, 3.63) is 35.5 Å². The van der Waals surface area contributed by atoms with Gasteiger partial charge in [-0.2, -0.15) is 0 Å². The van der Waals surface area contributed by atoms with Crippen LogP contribution in [0.1, 0.15) is 24.5 Å². The molecule has 0 amide bonds. The van der Waals surface area contributed by atoms with Crippen molar-refractivity contribution in [1.82, 2.24) is 14.8 Å². The Morgan fingerprint density at radius 2 is 2.10 bits per heavy atom. The maximum absolute atomic E-state index is 3.48. The quantitative estimate of drug-likeness (QED) is 0.926. The van der Waals surface area contributed by atoms with Crippen molar-refractivity contribution in [2.24, 2.45) is 7.05 Å². The van der Waals surface area contributed by atoms with E-state index in [-0.39, 0.29) is 0 Å². The first kappa shape index (κ1) is 13.7. The van der Waals surface area contributed by atoms with E-state index in [1.165, 1.54) is 35.0 Å². The molecule has 1 fully saturated rings. The summed E-state index contributed by atoms with van der Waals surface area (Å²) in [7, 11) is 2.15. The van der Waals surface area contributed by atoms with Gasteiger partial charge in [-0.25, -0.2) is 0 Å². The number of aromatic nitrogens is 1. The first-order valence-corrected chi connectivity index (χ1v) is 7.78. The van der Waals surface area contributed by atoms with Crippen molar-refractivity contribution in [3.63, 3.8) is 0 Å². The molecule has 1 saturated heterocycles. The van der Waals surface area contributed by atoms with E-state index in [4.69, 9.17) is 0 Å². The Labute approximate surface area is 121 Å². The van der Waals surface area contributed by atoms with Crippen LogP contribution in [0.5, 0.6) is 0 Å². The lowest BCUT2D eigenvalue weighted by atomic mass is 10.1. The Morgan fingerprint density at radius 1 is 1.20 bits per heavy atom. The second kappa shape index (κ2) is 5.98. The summed E-state index contributed by atoms with van der Waals surface area (Å²) in [5.74, 6) is 0. The summed E-state index contributed by atoms with van der Waals surface area (Å²) in [5.41, 5.74) is 4.26. The van der Waals surface area contributed by atoms with Gasteiger partial charge < -0.3 is 9.88 Å². The summed E-state index contributed by atoms with van der Waals surface area (Å²) in [5, 5.41) is 4.91. The highest BCUT2D eigenvalue weighted by Gasteiger charge is 2.13. The first-order chi connectivity index (χ1) is 9.78. The highest BCUT2D eigenvalue weighted by molar-refractivity contribution is 5.84. The van der Waals surface area contributed by atoms with E-state index < -0.39 is 0 Å². The van der Waals surface area contributed by atoms with Crippen LogP contribution in [0.3, 0.4) is 0 Å². The van der Waals surface area contributed by atoms with E-state index in [0.29, 0.717) is 0 Å². The lowest BCUT2D eigenvalue weighted by Gasteiger charge is -2.18. The van der Waals surface area contributed by atoms with Gasteiger partial charge in [-0.1, -0.05) is 13.0 Å². The molecule has 20 heavy (non-hydrogen) atoms. The summed E-state index contributed by atoms with van der Waals surface area (Å²) in [6.45, 7) is 7.94. The van der Waals surface area contributed by atoms with Gasteiger partial charge in [0.1, 0.15) is 0 Å². The molecule has 3 heteroatoms. The molecule has 1 aromatic carbocycles. The number of hydrogen-bond donors (Lipinski definition) is 1. The molecule has 2 aromatic rings. The van der Waals surface area contributed by atoms with Crippen molar-refractivity contribution < 1.29 is 0 Å². The van der Waals surface area contributed by atoms with Crippen molar-refractivity contribution in [1.29, 1.82) is 0 Å². The van der Waals surface area contributed by atoms with Gasteiger partial charge in [-0.05, 0) is 49.2 Å². The van der Waals surface area contributed by atoms with Crippen LogP contribution in [0.15, 0.2) is 24.4 Å². The number of hydrogen-bond acceptors (Lipinski definition) is 2. The number of nitrogens with one attached hydrogen (secondary N) is 1. The maximum atomic E-state index is 3.48. The second-order valence-corrected chi connectivity index (χ2v) is 5.85. The van der Waals surface area contributed by atoms with E-state index in [1.54, 1.807) is 0 Å². The summed E-state index contributed by atoms with van der Waals surface area (Å²) in [6.07, 6.45) is 4.67. The fourth-order valence-corrected chi connectivity index (χ4v) is 3.17. The predicted octanol–water partition coefficient (Wildman–Crippen LogP) is 2.54. The molecule has 0 radical (unpaired) electrons. The Hall–Kier alpha value is -1.32. The van der Waals surface area contributed by atoms with Crippen LogP contribution in [0.2, 0.25) is 0 Å². The zero-order chi connectivity index (χ0) is 13.9. The van der Waals surface area contributed by atoms with Crippen LogP contribution in [0.25, 0.3) is 10.9 Å². The predicted molar refractivity (Wildman–Crippen MR) is 85.1 cm³/mol. The highest BCUT2D eigenvalue weighted by Crippen LogP contribution is 2.24. The van der Waals surface area contributed by atoms with Crippen LogP contribution >= 0.6 is 0 Å². The molecule has 0 saturated carbocycles. The Morgan fingerprint density at radius 3 is 2.95 bits per heavy atom. The third-order valence-electron chi connectivity index (χ3n) is 4.37. The summed E-state index contributed by atoms with van der Waals surface area (Å²) in [4.78, 5) is 2.58. The number of nitrogens with zero attached hydrogens (tertiary/aromatic N) is 2. The molecule has 0 spiro atoms. The summed E-state index contributed by atoms with van der Waals surface area (Å²) in [6, 6.07) is 6.89. The molecule has 0 bridgehead atoms. The molecule has 1 N–H and O–H groups in total. The zero-order valence-corrected chi connectivity index (χ0v) is 12.7. The lowest BCUT2D eigenvalue weighted by Crippen LogP contribution is -2.27. The lowest BCUT2D eigenvalue weighted by molar-refractivity contribution is 0.285. The smallest absolute Gasteiger partial charge is 0.0481 e. The van der Waals surface area contributed by atoms with E-state index >= 15 is 0 Å². The summed E-state index contributed by atoms with van der Waals surface area (Å²) < 4.78 is 2.26. The van der Waals surface area contributed by atoms with Gasteiger partial charge in [0.15, 0.2) is 0 Å². The third kappa shape index (κ3) is 2.74. The molecular weight excluding hydrogens is 246 g/mol. The van der Waals surface area contributed by atoms with Crippen LogP contribution < -0.4 is 5.32 Å². The van der Waals surface area contributed by atoms with Crippen LogP contribution in [0, 0.1) is 0 Å². The van der Waals surface area contributed by atoms with E-state index in [9.17, 15) is 0 Å². The highest BCUT2D eigenvalue weighted by atomic mass is 15.2. The second-order valence-electron chi connectivity index (χ2n) is 5.85. The number of aryl methyl sites for hydroxylation is 2. The van der Waals surface area contributed by atoms with Gasteiger partial charge in [0, 0.05) is 43.8 Å². The molecule has 0 atom stereocenters. The minimum absolute atomic E-state index is 1.08. The number of rotatable bonds is 3. The SMILES string of the molecule is CCc1ccc2c(c1)c(CN1CCCNCC1)cn2C. The molecule has 1 aromatic heterocycles. The van der Waals surface area contributed by atoms with Crippen molar-refractivity contribution in [2.75, 3.05) is 26.2 Å². The molecule has 3 rings (SSSR count). The normalized spacial score (nSPS) is 17.5. The van der Waals surface area contributed by atoms with Crippen LogP contribution in [-0.2, 0) is 20.0 Å². The summed E-state index contributed by atoms with van der Waals surface area (Å²) >= 11 is 0. The number of fused-ring (bicyclic) bond motifs is 1. The van der Waals surface area contributed by atoms with Crippen molar-refractivity contribution >= 4 is 10.9 Å². The average molecular weight is 271 g/mol. The Kier molecular flexibility index (Phi) is 4.08. The minimum atomic E-state index is 1.08. The molecule has 3 nitrogen and oxygen atoms in total. The molecule has 0 unspecified atom stereocenters. The van der Waals surface area contributed by atoms with Gasteiger partial charge in [-0.3, -0.25) is 4.90 Å². The standard InChI is InChI=1S/C17H25N3/c1-3-14-5-6-17-16(11-14)15(12-19(17)2)13-20-9-4-7-18-8-10-20/h5-6,11-12,18H,3-4,7-10,13H2,1-2H3. The van der Waals surface area contributed by atoms with Crippen LogP contribution in [-0.4, -0.2) is 35.6 Å². The Balaban J connectivity index is 1.89. The molecular formula is C17H25N3. The van der Waals surface area contributed by atoms with E-state index in [2.05, 4.69) is 53.2 Å². The molecule has 108 valence electrons. The van der Waals surface area contributed by atoms with Crippen molar-refractivity contribution in [3.8, 4) is 0 Å². The van der Waals surface area contributed by atoms with Gasteiger partial charge in [0.25, 0.3) is 0 Å². The first-order valence-electron chi connectivity index (χ1n) is 7.78. The molecule has 2 heterocycles. The average Bonchev–Trinajstić information content (AvgIpc) is 2.66. The molecule has 1 aliphatic heterocycles. The van der Waals surface area contributed by atoms with Gasteiger partial charge >= 0.3 is 0 Å². The number of benzene rings is 1. The molecule has 0 aliphatic carbocycles. The topological polar surface area (TPSA) is 20.2 Å². The van der Waals surface area contributed by atoms with Gasteiger partial charge in [-0.15, -0.1) is 0 Å². The van der Waals surface area contributed by atoms with Crippen LogP contribution in [0.4, 0.5) is 0 Å². The maximum Gasteiger partial charge on any atom is 0.0481 e. The zero-order valence-electron chi connectivity index (χ0n) is 12.7. The molecule has 1 aliphatic rings. The largest absolute Gasteiger partial charge is 0.350 e. The monoisotopic (exact) mass is 271 g/mol. The minimum Gasteiger partial charge on any atom is -0.350 e. The Bertz CT molecular complexity index is 577. The van der Waals surface area contributed by atoms with Gasteiger partial charge in [0.05, 0.1) is 0 Å².